The third-order valence-electron chi connectivity index (χ3n) is 3.61. The van der Waals surface area contributed by atoms with Gasteiger partial charge in [-0.05, 0) is 54.8 Å². The zero-order chi connectivity index (χ0) is 17.4. The number of rotatable bonds is 7. The number of hydrazone groups is 1. The Balaban J connectivity index is 1.80. The van der Waals surface area contributed by atoms with E-state index in [0.29, 0.717) is 5.75 Å². The number of nitrogens with zero attached hydrogens (tertiary/aromatic N) is 1. The maximum absolute atomic E-state index is 11.9. The van der Waals surface area contributed by atoms with Crippen LogP contribution in [-0.4, -0.2) is 24.5 Å². The van der Waals surface area contributed by atoms with Gasteiger partial charge in [0.05, 0.1) is 18.6 Å². The molecule has 0 aliphatic heterocycles. The van der Waals surface area contributed by atoms with Crippen LogP contribution >= 0.6 is 11.8 Å². The summed E-state index contributed by atoms with van der Waals surface area (Å²) in [6.07, 6.45) is 0. The van der Waals surface area contributed by atoms with E-state index in [9.17, 15) is 4.79 Å². The number of carbonyl (C=O) groups excluding carboxylic acids is 1. The molecular formula is C19H22N2O2S. The largest absolute Gasteiger partial charge is 0.497 e. The zero-order valence-corrected chi connectivity index (χ0v) is 15.0. The van der Waals surface area contributed by atoms with Crippen molar-refractivity contribution in [3.8, 4) is 5.75 Å². The van der Waals surface area contributed by atoms with E-state index in [2.05, 4.69) is 29.6 Å². The van der Waals surface area contributed by atoms with Crippen molar-refractivity contribution in [3.63, 3.8) is 0 Å². The van der Waals surface area contributed by atoms with E-state index >= 15 is 0 Å². The van der Waals surface area contributed by atoms with E-state index in [1.54, 1.807) is 18.9 Å². The minimum absolute atomic E-state index is 0.0959. The fourth-order valence-corrected chi connectivity index (χ4v) is 3.00. The van der Waals surface area contributed by atoms with Gasteiger partial charge in [0.2, 0.25) is 5.91 Å². The third-order valence-corrected chi connectivity index (χ3v) is 4.59. The van der Waals surface area contributed by atoms with Gasteiger partial charge in [0.25, 0.3) is 0 Å². The molecule has 5 heteroatoms. The zero-order valence-electron chi connectivity index (χ0n) is 14.2. The molecule has 1 N–H and O–H groups in total. The van der Waals surface area contributed by atoms with Gasteiger partial charge in [-0.25, -0.2) is 5.43 Å². The molecule has 126 valence electrons. The Hall–Kier alpha value is -2.27. The smallest absolute Gasteiger partial charge is 0.250 e. The van der Waals surface area contributed by atoms with Gasteiger partial charge in [-0.1, -0.05) is 24.3 Å². The van der Waals surface area contributed by atoms with E-state index in [0.717, 1.165) is 22.8 Å². The molecule has 0 saturated heterocycles. The lowest BCUT2D eigenvalue weighted by Crippen LogP contribution is -2.21. The number of hydrogen-bond acceptors (Lipinski definition) is 4. The molecule has 0 fully saturated rings. The average molecular weight is 342 g/mol. The Kier molecular flexibility index (Phi) is 6.88. The lowest BCUT2D eigenvalue weighted by molar-refractivity contribution is -0.118. The average Bonchev–Trinajstić information content (AvgIpc) is 2.61. The highest BCUT2D eigenvalue weighted by Gasteiger charge is 2.04. The van der Waals surface area contributed by atoms with Crippen LogP contribution in [0.2, 0.25) is 0 Å². The number of amides is 1. The van der Waals surface area contributed by atoms with Crippen molar-refractivity contribution in [1.82, 2.24) is 5.43 Å². The number of thioether (sulfide) groups is 1. The van der Waals surface area contributed by atoms with Crippen LogP contribution in [0.3, 0.4) is 0 Å². The van der Waals surface area contributed by atoms with Crippen molar-refractivity contribution >= 4 is 23.4 Å². The summed E-state index contributed by atoms with van der Waals surface area (Å²) in [5.74, 6) is 1.90. The van der Waals surface area contributed by atoms with Gasteiger partial charge in [0.1, 0.15) is 5.75 Å². The maximum atomic E-state index is 11.9. The van der Waals surface area contributed by atoms with Gasteiger partial charge < -0.3 is 4.74 Å². The highest BCUT2D eigenvalue weighted by Crippen LogP contribution is 2.15. The maximum Gasteiger partial charge on any atom is 0.250 e. The number of nitrogens with one attached hydrogen (secondary N) is 1. The predicted molar refractivity (Wildman–Crippen MR) is 101 cm³/mol. The van der Waals surface area contributed by atoms with Crippen LogP contribution in [0.5, 0.6) is 5.75 Å². The molecule has 0 aromatic heterocycles. The highest BCUT2D eigenvalue weighted by atomic mass is 32.2. The van der Waals surface area contributed by atoms with Crippen LogP contribution < -0.4 is 10.2 Å². The molecule has 0 unspecified atom stereocenters. The Labute approximate surface area is 147 Å². The molecular weight excluding hydrogens is 320 g/mol. The van der Waals surface area contributed by atoms with E-state index in [4.69, 9.17) is 4.74 Å². The summed E-state index contributed by atoms with van der Waals surface area (Å²) in [5.41, 5.74) is 6.82. The minimum Gasteiger partial charge on any atom is -0.497 e. The van der Waals surface area contributed by atoms with Gasteiger partial charge in [-0.15, -0.1) is 11.8 Å². The second-order valence-electron chi connectivity index (χ2n) is 5.38. The van der Waals surface area contributed by atoms with Gasteiger partial charge in [0.15, 0.2) is 0 Å². The monoisotopic (exact) mass is 342 g/mol. The van der Waals surface area contributed by atoms with Crippen molar-refractivity contribution in [1.29, 1.82) is 0 Å². The molecule has 2 rings (SSSR count). The first-order valence-electron chi connectivity index (χ1n) is 7.70. The molecule has 24 heavy (non-hydrogen) atoms. The van der Waals surface area contributed by atoms with Gasteiger partial charge >= 0.3 is 0 Å². The molecule has 0 heterocycles. The normalized spacial score (nSPS) is 11.2. The number of aryl methyl sites for hydroxylation is 1. The predicted octanol–water partition coefficient (Wildman–Crippen LogP) is 3.78. The third kappa shape index (κ3) is 5.42. The van der Waals surface area contributed by atoms with Crippen LogP contribution in [0.15, 0.2) is 53.6 Å². The van der Waals surface area contributed by atoms with Crippen LogP contribution in [0.25, 0.3) is 0 Å². The summed E-state index contributed by atoms with van der Waals surface area (Å²) in [7, 11) is 1.63. The van der Waals surface area contributed by atoms with E-state index in [1.807, 2.05) is 43.3 Å². The SMILES string of the molecule is COc1ccc(/C(C)=N\NC(=O)CSCc2ccccc2C)cc1. The van der Waals surface area contributed by atoms with Crippen molar-refractivity contribution in [2.24, 2.45) is 5.10 Å². The van der Waals surface area contributed by atoms with Crippen LogP contribution in [-0.2, 0) is 10.5 Å². The van der Waals surface area contributed by atoms with Crippen LogP contribution in [0.4, 0.5) is 0 Å². The van der Waals surface area contributed by atoms with Gasteiger partial charge in [-0.2, -0.15) is 5.10 Å². The second kappa shape index (κ2) is 9.13. The van der Waals surface area contributed by atoms with Crippen molar-refractivity contribution in [2.75, 3.05) is 12.9 Å². The molecule has 2 aromatic carbocycles. The highest BCUT2D eigenvalue weighted by molar-refractivity contribution is 7.99. The summed E-state index contributed by atoms with van der Waals surface area (Å²) in [5, 5.41) is 4.16. The number of ether oxygens (including phenoxy) is 1. The first-order valence-corrected chi connectivity index (χ1v) is 8.85. The van der Waals surface area contributed by atoms with E-state index < -0.39 is 0 Å². The minimum atomic E-state index is -0.0959. The molecule has 0 atom stereocenters. The summed E-state index contributed by atoms with van der Waals surface area (Å²) >= 11 is 1.58. The Morgan fingerprint density at radius 3 is 2.54 bits per heavy atom. The summed E-state index contributed by atoms with van der Waals surface area (Å²) in [6.45, 7) is 3.95. The number of carbonyl (C=O) groups is 1. The Morgan fingerprint density at radius 1 is 1.17 bits per heavy atom. The van der Waals surface area contributed by atoms with Crippen LogP contribution in [0.1, 0.15) is 23.6 Å². The molecule has 0 aliphatic rings. The summed E-state index contributed by atoms with van der Waals surface area (Å²) in [6, 6.07) is 15.8. The fraction of sp³-hybridized carbons (Fsp3) is 0.263. The second-order valence-corrected chi connectivity index (χ2v) is 6.37. The molecule has 0 saturated carbocycles. The summed E-state index contributed by atoms with van der Waals surface area (Å²) in [4.78, 5) is 11.9. The fourth-order valence-electron chi connectivity index (χ4n) is 2.10. The lowest BCUT2D eigenvalue weighted by Gasteiger charge is -2.06. The first-order chi connectivity index (χ1) is 11.6. The van der Waals surface area contributed by atoms with Crippen molar-refractivity contribution < 1.29 is 9.53 Å². The van der Waals surface area contributed by atoms with Crippen molar-refractivity contribution in [2.45, 2.75) is 19.6 Å². The molecule has 1 amide bonds. The molecule has 0 aliphatic carbocycles. The van der Waals surface area contributed by atoms with E-state index in [-0.39, 0.29) is 5.91 Å². The molecule has 4 nitrogen and oxygen atoms in total. The Bertz CT molecular complexity index is 712. The number of benzene rings is 2. The standard InChI is InChI=1S/C19H22N2O2S/c1-14-6-4-5-7-17(14)12-24-13-19(22)21-20-15(2)16-8-10-18(23-3)11-9-16/h4-11H,12-13H2,1-3H3,(H,21,22)/b20-15-. The van der Waals surface area contributed by atoms with E-state index in [1.165, 1.54) is 11.1 Å². The lowest BCUT2D eigenvalue weighted by atomic mass is 10.1. The number of hydrogen-bond donors (Lipinski definition) is 1. The van der Waals surface area contributed by atoms with Crippen LogP contribution in [0, 0.1) is 6.92 Å². The quantitative estimate of drug-likeness (QED) is 0.615. The van der Waals surface area contributed by atoms with Gasteiger partial charge in [-0.3, -0.25) is 4.79 Å². The van der Waals surface area contributed by atoms with Gasteiger partial charge in [0, 0.05) is 5.75 Å². The van der Waals surface area contributed by atoms with Crippen molar-refractivity contribution in [3.05, 3.63) is 65.2 Å². The molecule has 0 spiro atoms. The number of methoxy groups -OCH3 is 1. The topological polar surface area (TPSA) is 50.7 Å². The molecule has 0 bridgehead atoms. The molecule has 0 radical (unpaired) electrons. The Morgan fingerprint density at radius 2 is 1.88 bits per heavy atom. The first kappa shape index (κ1) is 18.1. The molecule has 2 aromatic rings. The summed E-state index contributed by atoms with van der Waals surface area (Å²) < 4.78 is 5.12.